The van der Waals surface area contributed by atoms with E-state index in [1.165, 1.54) is 7.11 Å². The molecule has 1 fully saturated rings. The van der Waals surface area contributed by atoms with Crippen LogP contribution < -0.4 is 11.1 Å². The number of hydrogen-bond donors (Lipinski definition) is 2. The number of nitrogens with one attached hydrogen (secondary N) is 1. The van der Waals surface area contributed by atoms with Gasteiger partial charge in [-0.25, -0.2) is 0 Å². The highest BCUT2D eigenvalue weighted by atomic mass is 16.5. The lowest BCUT2D eigenvalue weighted by Crippen LogP contribution is -2.33. The zero-order chi connectivity index (χ0) is 13.4. The molecule has 1 heterocycles. The zero-order valence-electron chi connectivity index (χ0n) is 11.1. The number of methoxy groups -OCH3 is 1. The van der Waals surface area contributed by atoms with Crippen molar-refractivity contribution in [3.8, 4) is 0 Å². The van der Waals surface area contributed by atoms with Gasteiger partial charge in [0.2, 0.25) is 5.91 Å². The van der Waals surface area contributed by atoms with Crippen LogP contribution in [0.4, 0.5) is 0 Å². The van der Waals surface area contributed by atoms with Crippen LogP contribution in [0.15, 0.2) is 0 Å². The van der Waals surface area contributed by atoms with Crippen molar-refractivity contribution in [1.29, 1.82) is 0 Å². The maximum Gasteiger partial charge on any atom is 0.322 e. The molecule has 0 saturated carbocycles. The number of amides is 1. The smallest absolute Gasteiger partial charge is 0.322 e. The van der Waals surface area contributed by atoms with E-state index < -0.39 is 6.04 Å². The van der Waals surface area contributed by atoms with Crippen LogP contribution >= 0.6 is 0 Å². The van der Waals surface area contributed by atoms with Crippen LogP contribution in [0, 0.1) is 0 Å². The Labute approximate surface area is 108 Å². The van der Waals surface area contributed by atoms with Crippen molar-refractivity contribution >= 4 is 11.9 Å². The van der Waals surface area contributed by atoms with Crippen LogP contribution in [-0.4, -0.2) is 31.1 Å². The van der Waals surface area contributed by atoms with Gasteiger partial charge in [-0.05, 0) is 25.7 Å². The predicted molar refractivity (Wildman–Crippen MR) is 68.9 cm³/mol. The van der Waals surface area contributed by atoms with Gasteiger partial charge in [-0.2, -0.15) is 0 Å². The number of hydrogen-bond acceptors (Lipinski definition) is 4. The summed E-state index contributed by atoms with van der Waals surface area (Å²) < 4.78 is 4.57. The minimum atomic E-state index is -0.515. The summed E-state index contributed by atoms with van der Waals surface area (Å²) >= 11 is 0. The van der Waals surface area contributed by atoms with E-state index in [0.29, 0.717) is 18.9 Å². The van der Waals surface area contributed by atoms with Gasteiger partial charge in [-0.1, -0.05) is 19.3 Å². The molecule has 1 saturated heterocycles. The summed E-state index contributed by atoms with van der Waals surface area (Å²) in [5.41, 5.74) is 5.65. The first-order valence-corrected chi connectivity index (χ1v) is 6.76. The molecule has 0 radical (unpaired) electrons. The Morgan fingerprint density at radius 3 is 3.00 bits per heavy atom. The number of rotatable bonds is 6. The van der Waals surface area contributed by atoms with E-state index in [1.54, 1.807) is 0 Å². The zero-order valence-corrected chi connectivity index (χ0v) is 11.1. The Balaban J connectivity index is 2.13. The highest BCUT2D eigenvalue weighted by molar-refractivity contribution is 5.76. The van der Waals surface area contributed by atoms with Crippen molar-refractivity contribution in [2.24, 2.45) is 5.73 Å². The van der Waals surface area contributed by atoms with Crippen LogP contribution in [0.1, 0.15) is 51.4 Å². The Hall–Kier alpha value is -1.10. The second-order valence-electron chi connectivity index (χ2n) is 4.92. The molecule has 0 spiro atoms. The fourth-order valence-electron chi connectivity index (χ4n) is 2.29. The number of unbranched alkanes of at least 4 members (excludes halogenated alkanes) is 1. The molecule has 0 aromatic carbocycles. The van der Waals surface area contributed by atoms with E-state index in [-0.39, 0.29) is 11.9 Å². The topological polar surface area (TPSA) is 81.4 Å². The molecule has 5 nitrogen and oxygen atoms in total. The van der Waals surface area contributed by atoms with Crippen LogP contribution in [0.25, 0.3) is 0 Å². The third kappa shape index (κ3) is 5.49. The Morgan fingerprint density at radius 2 is 2.28 bits per heavy atom. The van der Waals surface area contributed by atoms with Crippen molar-refractivity contribution in [2.45, 2.75) is 63.5 Å². The Morgan fingerprint density at radius 1 is 1.50 bits per heavy atom. The normalized spacial score (nSPS) is 21.9. The summed E-state index contributed by atoms with van der Waals surface area (Å²) in [6.45, 7) is 0. The number of ether oxygens (including phenoxy) is 1. The molecular weight excluding hydrogens is 232 g/mol. The largest absolute Gasteiger partial charge is 0.468 e. The number of carbonyl (C=O) groups excluding carboxylic acids is 2. The molecule has 0 aliphatic carbocycles. The van der Waals surface area contributed by atoms with E-state index in [2.05, 4.69) is 10.1 Å². The van der Waals surface area contributed by atoms with E-state index in [4.69, 9.17) is 5.73 Å². The number of carbonyl (C=O) groups is 2. The van der Waals surface area contributed by atoms with Gasteiger partial charge in [0, 0.05) is 12.5 Å². The minimum absolute atomic E-state index is 0.170. The third-order valence-corrected chi connectivity index (χ3v) is 3.39. The predicted octanol–water partition coefficient (Wildman–Crippen LogP) is 1.11. The van der Waals surface area contributed by atoms with Gasteiger partial charge >= 0.3 is 5.97 Å². The maximum absolute atomic E-state index is 11.4. The summed E-state index contributed by atoms with van der Waals surface area (Å²) in [6.07, 6.45) is 7.32. The first kappa shape index (κ1) is 15.0. The summed E-state index contributed by atoms with van der Waals surface area (Å²) in [4.78, 5) is 22.5. The van der Waals surface area contributed by atoms with Crippen molar-refractivity contribution in [3.05, 3.63) is 0 Å². The van der Waals surface area contributed by atoms with Gasteiger partial charge in [0.1, 0.15) is 6.04 Å². The molecule has 104 valence electrons. The number of nitrogens with two attached hydrogens (primary N) is 1. The van der Waals surface area contributed by atoms with Gasteiger partial charge in [-0.15, -0.1) is 0 Å². The van der Waals surface area contributed by atoms with Gasteiger partial charge in [0.15, 0.2) is 0 Å². The van der Waals surface area contributed by atoms with E-state index in [1.807, 2.05) is 0 Å². The van der Waals surface area contributed by atoms with Gasteiger partial charge in [-0.3, -0.25) is 9.59 Å². The lowest BCUT2D eigenvalue weighted by atomic mass is 10.0. The van der Waals surface area contributed by atoms with E-state index >= 15 is 0 Å². The summed E-state index contributed by atoms with van der Waals surface area (Å²) in [5, 5.41) is 3.04. The van der Waals surface area contributed by atoms with Crippen molar-refractivity contribution < 1.29 is 14.3 Å². The lowest BCUT2D eigenvalue weighted by Gasteiger charge is -2.16. The molecule has 5 heteroatoms. The van der Waals surface area contributed by atoms with Crippen LogP contribution in [-0.2, 0) is 14.3 Å². The highest BCUT2D eigenvalue weighted by Gasteiger charge is 2.17. The molecule has 0 aromatic heterocycles. The summed E-state index contributed by atoms with van der Waals surface area (Å²) in [5.74, 6) is -0.179. The number of esters is 1. The minimum Gasteiger partial charge on any atom is -0.468 e. The molecule has 18 heavy (non-hydrogen) atoms. The first-order valence-electron chi connectivity index (χ1n) is 6.76. The SMILES string of the molecule is COC(=O)C(N)CCCCC1CCCCC(=O)N1. The molecule has 1 rings (SSSR count). The molecule has 1 aliphatic heterocycles. The molecular formula is C13H24N2O3. The molecule has 1 amide bonds. The molecule has 2 atom stereocenters. The molecule has 0 aromatic rings. The van der Waals surface area contributed by atoms with Crippen molar-refractivity contribution in [1.82, 2.24) is 5.32 Å². The van der Waals surface area contributed by atoms with Crippen LogP contribution in [0.2, 0.25) is 0 Å². The maximum atomic E-state index is 11.4. The highest BCUT2D eigenvalue weighted by Crippen LogP contribution is 2.15. The summed E-state index contributed by atoms with van der Waals surface area (Å²) in [7, 11) is 1.35. The average molecular weight is 256 g/mol. The fraction of sp³-hybridized carbons (Fsp3) is 0.846. The second-order valence-corrected chi connectivity index (χ2v) is 4.92. The van der Waals surface area contributed by atoms with Crippen molar-refractivity contribution in [2.75, 3.05) is 7.11 Å². The van der Waals surface area contributed by atoms with E-state index in [0.717, 1.165) is 38.5 Å². The van der Waals surface area contributed by atoms with E-state index in [9.17, 15) is 9.59 Å². The van der Waals surface area contributed by atoms with Gasteiger partial charge < -0.3 is 15.8 Å². The standard InChI is InChI=1S/C13H24N2O3/c1-18-13(17)11(14)8-4-2-6-10-7-3-5-9-12(16)15-10/h10-11H,2-9,14H2,1H3,(H,15,16). The lowest BCUT2D eigenvalue weighted by molar-refractivity contribution is -0.142. The van der Waals surface area contributed by atoms with Gasteiger partial charge in [0.05, 0.1) is 7.11 Å². The second kappa shape index (κ2) is 8.08. The van der Waals surface area contributed by atoms with Crippen LogP contribution in [0.5, 0.6) is 0 Å². The molecule has 0 bridgehead atoms. The first-order chi connectivity index (χ1) is 8.63. The third-order valence-electron chi connectivity index (χ3n) is 3.39. The average Bonchev–Trinajstić information content (AvgIpc) is 2.57. The van der Waals surface area contributed by atoms with Gasteiger partial charge in [0.25, 0.3) is 0 Å². The Kier molecular flexibility index (Phi) is 6.72. The molecule has 3 N–H and O–H groups in total. The summed E-state index contributed by atoms with van der Waals surface area (Å²) in [6, 6.07) is -0.215. The Bertz CT molecular complexity index is 281. The fourth-order valence-corrected chi connectivity index (χ4v) is 2.29. The quantitative estimate of drug-likeness (QED) is 0.551. The molecule has 2 unspecified atom stereocenters. The monoisotopic (exact) mass is 256 g/mol. The van der Waals surface area contributed by atoms with Crippen LogP contribution in [0.3, 0.4) is 0 Å². The van der Waals surface area contributed by atoms with Crippen molar-refractivity contribution in [3.63, 3.8) is 0 Å². The molecule has 1 aliphatic rings.